The van der Waals surface area contributed by atoms with Crippen molar-refractivity contribution in [1.29, 1.82) is 0 Å². The molecule has 0 aromatic heterocycles. The summed E-state index contributed by atoms with van der Waals surface area (Å²) < 4.78 is 5.31. The number of methoxy groups -OCH3 is 1. The van der Waals surface area contributed by atoms with Crippen molar-refractivity contribution in [3.8, 4) is 5.75 Å². The molecule has 2 aliphatic heterocycles. The molecule has 0 saturated carbocycles. The standard InChI is InChI=1S/C24H28Cl2N4O2.ClH/c1-16-22(24(31)28-29-14-5-3-4-6-15-29)27-30(20-9-7-8-19(25)21(20)26)23(16)17-10-12-18(32-2)13-11-17;/h7-13,16,23H,3-6,14-15H2,1-2H3,(H,28,31);1H. The Kier molecular flexibility index (Phi) is 8.88. The molecule has 178 valence electrons. The van der Waals surface area contributed by atoms with Crippen LogP contribution in [0.2, 0.25) is 10.0 Å². The monoisotopic (exact) mass is 510 g/mol. The average molecular weight is 512 g/mol. The van der Waals surface area contributed by atoms with Crippen LogP contribution in [0.1, 0.15) is 44.2 Å². The van der Waals surface area contributed by atoms with Crippen molar-refractivity contribution in [2.45, 2.75) is 38.6 Å². The molecule has 0 aliphatic carbocycles. The second kappa shape index (κ2) is 11.4. The smallest absolute Gasteiger partial charge is 0.282 e. The minimum Gasteiger partial charge on any atom is -0.497 e. The first-order valence-electron chi connectivity index (χ1n) is 11.0. The third-order valence-corrected chi connectivity index (χ3v) is 6.93. The summed E-state index contributed by atoms with van der Waals surface area (Å²) in [4.78, 5) is 13.3. The maximum Gasteiger partial charge on any atom is 0.282 e. The van der Waals surface area contributed by atoms with Crippen LogP contribution in [0.3, 0.4) is 0 Å². The Labute approximate surface area is 211 Å². The molecule has 6 nitrogen and oxygen atoms in total. The van der Waals surface area contributed by atoms with Crippen molar-refractivity contribution in [1.82, 2.24) is 10.4 Å². The molecule has 0 spiro atoms. The third kappa shape index (κ3) is 5.57. The van der Waals surface area contributed by atoms with E-state index in [1.165, 1.54) is 12.8 Å². The van der Waals surface area contributed by atoms with Crippen molar-refractivity contribution in [3.05, 3.63) is 58.1 Å². The van der Waals surface area contributed by atoms with Gasteiger partial charge in [0.15, 0.2) is 0 Å². The summed E-state index contributed by atoms with van der Waals surface area (Å²) in [5.41, 5.74) is 5.24. The van der Waals surface area contributed by atoms with Gasteiger partial charge in [-0.2, -0.15) is 5.10 Å². The quantitative estimate of drug-likeness (QED) is 0.544. The highest BCUT2D eigenvalue weighted by atomic mass is 35.5. The van der Waals surface area contributed by atoms with Crippen LogP contribution in [-0.2, 0) is 4.79 Å². The van der Waals surface area contributed by atoms with Gasteiger partial charge in [0.05, 0.1) is 28.9 Å². The number of carbonyl (C=O) groups is 1. The number of amides is 1. The number of carbonyl (C=O) groups excluding carboxylic acids is 1. The molecule has 2 atom stereocenters. The number of ether oxygens (including phenoxy) is 1. The Balaban J connectivity index is 0.00000306. The lowest BCUT2D eigenvalue weighted by molar-refractivity contribution is -0.119. The summed E-state index contributed by atoms with van der Waals surface area (Å²) in [6, 6.07) is 13.1. The van der Waals surface area contributed by atoms with Gasteiger partial charge in [0.25, 0.3) is 5.91 Å². The number of rotatable bonds is 5. The molecule has 2 aliphatic rings. The summed E-state index contributed by atoms with van der Waals surface area (Å²) in [5, 5.41) is 9.46. The Morgan fingerprint density at radius 3 is 2.36 bits per heavy atom. The van der Waals surface area contributed by atoms with Crippen molar-refractivity contribution in [3.63, 3.8) is 0 Å². The topological polar surface area (TPSA) is 57.2 Å². The van der Waals surface area contributed by atoms with Gasteiger partial charge in [-0.05, 0) is 42.7 Å². The van der Waals surface area contributed by atoms with Crippen LogP contribution in [-0.4, -0.2) is 36.8 Å². The van der Waals surface area contributed by atoms with Gasteiger partial charge in [-0.15, -0.1) is 12.4 Å². The molecule has 33 heavy (non-hydrogen) atoms. The zero-order chi connectivity index (χ0) is 22.7. The Morgan fingerprint density at radius 1 is 1.06 bits per heavy atom. The number of anilines is 1. The molecule has 2 aromatic carbocycles. The first-order valence-corrected chi connectivity index (χ1v) is 11.8. The molecular formula is C24H29Cl3N4O2. The van der Waals surface area contributed by atoms with E-state index in [4.69, 9.17) is 33.0 Å². The highest BCUT2D eigenvalue weighted by Gasteiger charge is 2.40. The molecule has 2 unspecified atom stereocenters. The lowest BCUT2D eigenvalue weighted by Gasteiger charge is -2.28. The van der Waals surface area contributed by atoms with E-state index in [1.54, 1.807) is 13.2 Å². The van der Waals surface area contributed by atoms with E-state index in [-0.39, 0.29) is 30.3 Å². The fourth-order valence-electron chi connectivity index (χ4n) is 4.37. The number of nitrogens with zero attached hydrogens (tertiary/aromatic N) is 3. The van der Waals surface area contributed by atoms with E-state index < -0.39 is 0 Å². The molecule has 2 heterocycles. The van der Waals surface area contributed by atoms with Gasteiger partial charge in [0.1, 0.15) is 11.5 Å². The third-order valence-electron chi connectivity index (χ3n) is 6.12. The molecule has 0 bridgehead atoms. The number of benzene rings is 2. The van der Waals surface area contributed by atoms with Crippen LogP contribution >= 0.6 is 35.6 Å². The second-order valence-corrected chi connectivity index (χ2v) is 9.04. The summed E-state index contributed by atoms with van der Waals surface area (Å²) in [5.74, 6) is 0.441. The zero-order valence-corrected chi connectivity index (χ0v) is 21.1. The maximum atomic E-state index is 13.3. The van der Waals surface area contributed by atoms with E-state index in [2.05, 4.69) is 5.43 Å². The number of hydrogen-bond acceptors (Lipinski definition) is 5. The predicted octanol–water partition coefficient (Wildman–Crippen LogP) is 5.88. The van der Waals surface area contributed by atoms with Crippen LogP contribution in [0, 0.1) is 5.92 Å². The van der Waals surface area contributed by atoms with Crippen molar-refractivity contribution in [2.75, 3.05) is 25.2 Å². The number of halogens is 3. The summed E-state index contributed by atoms with van der Waals surface area (Å²) >= 11 is 12.8. The van der Waals surface area contributed by atoms with Crippen LogP contribution in [0.5, 0.6) is 5.75 Å². The fraction of sp³-hybridized carbons (Fsp3) is 0.417. The van der Waals surface area contributed by atoms with Crippen LogP contribution < -0.4 is 15.2 Å². The van der Waals surface area contributed by atoms with Crippen LogP contribution in [0.15, 0.2) is 47.6 Å². The van der Waals surface area contributed by atoms with Gasteiger partial charge < -0.3 is 4.74 Å². The van der Waals surface area contributed by atoms with E-state index in [1.807, 2.05) is 53.3 Å². The van der Waals surface area contributed by atoms with Crippen molar-refractivity contribution in [2.24, 2.45) is 11.0 Å². The second-order valence-electron chi connectivity index (χ2n) is 8.25. The number of nitrogens with one attached hydrogen (secondary N) is 1. The molecule has 4 rings (SSSR count). The van der Waals surface area contributed by atoms with Gasteiger partial charge >= 0.3 is 0 Å². The molecule has 2 aromatic rings. The largest absolute Gasteiger partial charge is 0.497 e. The van der Waals surface area contributed by atoms with E-state index in [0.717, 1.165) is 37.2 Å². The molecule has 1 saturated heterocycles. The first kappa shape index (κ1) is 25.6. The number of hydrazine groups is 1. The van der Waals surface area contributed by atoms with Crippen molar-refractivity contribution < 1.29 is 9.53 Å². The molecular weight excluding hydrogens is 483 g/mol. The van der Waals surface area contributed by atoms with Gasteiger partial charge in [-0.3, -0.25) is 15.2 Å². The van der Waals surface area contributed by atoms with E-state index in [9.17, 15) is 4.79 Å². The number of hydrogen-bond donors (Lipinski definition) is 1. The average Bonchev–Trinajstić information content (AvgIpc) is 2.95. The Morgan fingerprint density at radius 2 is 1.73 bits per heavy atom. The van der Waals surface area contributed by atoms with Crippen molar-refractivity contribution >= 4 is 52.9 Å². The summed E-state index contributed by atoms with van der Waals surface area (Å²) in [6.45, 7) is 3.74. The van der Waals surface area contributed by atoms with Gasteiger partial charge in [0.2, 0.25) is 0 Å². The molecule has 0 radical (unpaired) electrons. The van der Waals surface area contributed by atoms with Gasteiger partial charge in [-0.25, -0.2) is 5.01 Å². The SMILES string of the molecule is COc1ccc(C2C(C)C(C(=O)NN3CCCCCC3)=NN2c2cccc(Cl)c2Cl)cc1.Cl. The molecule has 1 amide bonds. The van der Waals surface area contributed by atoms with E-state index in [0.29, 0.717) is 21.4 Å². The lowest BCUT2D eigenvalue weighted by atomic mass is 9.91. The Bertz CT molecular complexity index is 992. The van der Waals surface area contributed by atoms with Gasteiger partial charge in [0, 0.05) is 19.0 Å². The number of hydrazone groups is 1. The minimum atomic E-state index is -0.207. The summed E-state index contributed by atoms with van der Waals surface area (Å²) in [7, 11) is 1.64. The minimum absolute atomic E-state index is 0. The highest BCUT2D eigenvalue weighted by Crippen LogP contribution is 2.43. The molecule has 1 N–H and O–H groups in total. The first-order chi connectivity index (χ1) is 15.5. The van der Waals surface area contributed by atoms with Crippen LogP contribution in [0.25, 0.3) is 0 Å². The Hall–Kier alpha value is -1.99. The van der Waals surface area contributed by atoms with E-state index >= 15 is 0 Å². The van der Waals surface area contributed by atoms with Gasteiger partial charge in [-0.1, -0.05) is 61.2 Å². The molecule has 9 heteroatoms. The lowest BCUT2D eigenvalue weighted by Crippen LogP contribution is -2.46. The highest BCUT2D eigenvalue weighted by molar-refractivity contribution is 6.44. The normalized spacial score (nSPS) is 21.1. The predicted molar refractivity (Wildman–Crippen MR) is 137 cm³/mol. The maximum absolute atomic E-state index is 13.3. The summed E-state index contributed by atoms with van der Waals surface area (Å²) in [6.07, 6.45) is 4.57. The molecule has 1 fully saturated rings. The zero-order valence-electron chi connectivity index (χ0n) is 18.8. The van der Waals surface area contributed by atoms with Crippen LogP contribution in [0.4, 0.5) is 5.69 Å². The fourth-order valence-corrected chi connectivity index (χ4v) is 4.75.